The van der Waals surface area contributed by atoms with Gasteiger partial charge >= 0.3 is 6.03 Å². The first-order valence-corrected chi connectivity index (χ1v) is 11.7. The van der Waals surface area contributed by atoms with Crippen LogP contribution in [0.1, 0.15) is 17.7 Å². The first-order valence-electron chi connectivity index (χ1n) is 9.38. The van der Waals surface area contributed by atoms with Crippen molar-refractivity contribution in [2.45, 2.75) is 22.2 Å². The van der Waals surface area contributed by atoms with E-state index in [0.29, 0.717) is 11.4 Å². The number of nitrogens with one attached hydrogen (secondary N) is 2. The predicted octanol–water partition coefficient (Wildman–Crippen LogP) is 3.56. The molecule has 0 radical (unpaired) electrons. The van der Waals surface area contributed by atoms with Crippen LogP contribution >= 0.6 is 11.8 Å². The van der Waals surface area contributed by atoms with Crippen LogP contribution in [0.3, 0.4) is 0 Å². The number of rotatable bonds is 7. The zero-order valence-electron chi connectivity index (χ0n) is 17.6. The molecular weight excluding hydrogens is 436 g/mol. The molecule has 0 aliphatic heterocycles. The van der Waals surface area contributed by atoms with E-state index in [9.17, 15) is 13.2 Å². The van der Waals surface area contributed by atoms with Crippen LogP contribution in [0, 0.1) is 0 Å². The largest absolute Gasteiger partial charge is 0.323 e. The van der Waals surface area contributed by atoms with Crippen molar-refractivity contribution in [2.75, 3.05) is 24.7 Å². The lowest BCUT2D eigenvalue weighted by atomic mass is 10.1. The van der Waals surface area contributed by atoms with Gasteiger partial charge < -0.3 is 15.2 Å². The molecule has 9 nitrogen and oxygen atoms in total. The number of nitrogens with zero attached hydrogens (tertiary/aromatic N) is 4. The van der Waals surface area contributed by atoms with Crippen LogP contribution < -0.4 is 10.6 Å². The molecule has 1 aromatic heterocycles. The average molecular weight is 461 g/mol. The Labute approximate surface area is 185 Å². The number of carbonyl (C=O) groups is 1. The summed E-state index contributed by atoms with van der Waals surface area (Å²) in [5, 5.41) is 14.4. The number of thioether (sulfide) groups is 1. The van der Waals surface area contributed by atoms with Gasteiger partial charge in [0.1, 0.15) is 6.33 Å². The Bertz CT molecular complexity index is 1160. The van der Waals surface area contributed by atoms with Gasteiger partial charge in [0.15, 0.2) is 5.16 Å². The van der Waals surface area contributed by atoms with E-state index in [2.05, 4.69) is 27.8 Å². The maximum absolute atomic E-state index is 12.4. The van der Waals surface area contributed by atoms with E-state index < -0.39 is 16.1 Å². The molecule has 3 rings (SSSR count). The normalized spacial score (nSPS) is 12.5. The first kappa shape index (κ1) is 22.8. The van der Waals surface area contributed by atoms with Gasteiger partial charge in [-0.15, -0.1) is 10.2 Å². The number of carbonyl (C=O) groups excluding carboxylic acids is 1. The Balaban J connectivity index is 1.63. The molecule has 0 fully saturated rings. The fraction of sp³-hybridized carbons (Fsp3) is 0.250. The molecule has 31 heavy (non-hydrogen) atoms. The van der Waals surface area contributed by atoms with Crippen LogP contribution in [0.2, 0.25) is 0 Å². The smallest absolute Gasteiger partial charge is 0.312 e. The zero-order valence-corrected chi connectivity index (χ0v) is 19.2. The molecule has 0 saturated heterocycles. The number of aryl methyl sites for hydroxylation is 1. The van der Waals surface area contributed by atoms with Crippen LogP contribution in [0.25, 0.3) is 0 Å². The van der Waals surface area contributed by atoms with Gasteiger partial charge in [-0.05, 0) is 48.9 Å². The Morgan fingerprint density at radius 2 is 1.77 bits per heavy atom. The summed E-state index contributed by atoms with van der Waals surface area (Å²) in [4.78, 5) is 12.5. The van der Waals surface area contributed by atoms with Crippen molar-refractivity contribution >= 4 is 39.2 Å². The van der Waals surface area contributed by atoms with E-state index >= 15 is 0 Å². The maximum atomic E-state index is 12.4. The average Bonchev–Trinajstić information content (AvgIpc) is 3.12. The van der Waals surface area contributed by atoms with Gasteiger partial charge in [0.2, 0.25) is 10.0 Å². The molecule has 0 aliphatic carbocycles. The van der Waals surface area contributed by atoms with Gasteiger partial charge in [0.25, 0.3) is 0 Å². The molecule has 0 bridgehead atoms. The number of sulfonamides is 1. The summed E-state index contributed by atoms with van der Waals surface area (Å²) in [5.41, 5.74) is 2.16. The summed E-state index contributed by atoms with van der Waals surface area (Å²) in [5.74, 6) is 0. The molecule has 164 valence electrons. The van der Waals surface area contributed by atoms with Gasteiger partial charge in [-0.3, -0.25) is 0 Å². The number of hydrogen-bond donors (Lipinski definition) is 2. The third-order valence-electron chi connectivity index (χ3n) is 4.46. The number of aromatic nitrogens is 3. The van der Waals surface area contributed by atoms with Crippen molar-refractivity contribution in [2.24, 2.45) is 7.05 Å². The summed E-state index contributed by atoms with van der Waals surface area (Å²) < 4.78 is 27.2. The molecule has 3 aromatic rings. The Kier molecular flexibility index (Phi) is 6.98. The van der Waals surface area contributed by atoms with E-state index in [4.69, 9.17) is 0 Å². The first-order chi connectivity index (χ1) is 14.7. The van der Waals surface area contributed by atoms with Crippen LogP contribution in [0.15, 0.2) is 64.9 Å². The van der Waals surface area contributed by atoms with Gasteiger partial charge in [-0.1, -0.05) is 23.9 Å². The Morgan fingerprint density at radius 1 is 1.10 bits per heavy atom. The second kappa shape index (κ2) is 9.50. The number of benzene rings is 2. The van der Waals surface area contributed by atoms with Gasteiger partial charge in [0, 0.05) is 37.8 Å². The number of urea groups is 1. The Hall–Kier alpha value is -2.89. The third kappa shape index (κ3) is 5.63. The minimum Gasteiger partial charge on any atom is -0.312 e. The molecular formula is C20H24N6O3S2. The fourth-order valence-electron chi connectivity index (χ4n) is 2.69. The fourth-order valence-corrected chi connectivity index (χ4v) is 4.50. The number of hydrogen-bond acceptors (Lipinski definition) is 6. The van der Waals surface area contributed by atoms with E-state index in [-0.39, 0.29) is 10.1 Å². The van der Waals surface area contributed by atoms with Crippen LogP contribution in [-0.2, 0) is 17.1 Å². The van der Waals surface area contributed by atoms with Crippen molar-refractivity contribution in [3.8, 4) is 0 Å². The standard InChI is InChI=1S/C20H24N6O3S2/c1-14(30-20-24-21-13-26(20)4)15-6-5-7-17(12-15)23-19(27)22-16-8-10-18(11-9-16)31(28,29)25(2)3/h5-14H,1-4H3,(H2,22,23,27)/t14-/m0/s1. The topological polar surface area (TPSA) is 109 Å². The highest BCUT2D eigenvalue weighted by atomic mass is 32.2. The lowest BCUT2D eigenvalue weighted by molar-refractivity contribution is 0.262. The van der Waals surface area contributed by atoms with Crippen molar-refractivity contribution in [1.82, 2.24) is 19.1 Å². The van der Waals surface area contributed by atoms with Crippen LogP contribution in [0.5, 0.6) is 0 Å². The number of amides is 2. The predicted molar refractivity (Wildman–Crippen MR) is 122 cm³/mol. The summed E-state index contributed by atoms with van der Waals surface area (Å²) >= 11 is 1.57. The second-order valence-corrected chi connectivity index (χ2v) is 10.5. The van der Waals surface area contributed by atoms with Crippen molar-refractivity contribution in [3.05, 3.63) is 60.4 Å². The van der Waals surface area contributed by atoms with Crippen LogP contribution in [0.4, 0.5) is 16.2 Å². The Morgan fingerprint density at radius 3 is 2.39 bits per heavy atom. The lowest BCUT2D eigenvalue weighted by Gasteiger charge is -2.14. The number of anilines is 2. The van der Waals surface area contributed by atoms with E-state index in [1.807, 2.05) is 29.8 Å². The van der Waals surface area contributed by atoms with Crippen molar-refractivity contribution < 1.29 is 13.2 Å². The van der Waals surface area contributed by atoms with Crippen LogP contribution in [-0.4, -0.2) is 47.6 Å². The highest BCUT2D eigenvalue weighted by Gasteiger charge is 2.17. The lowest BCUT2D eigenvalue weighted by Crippen LogP contribution is -2.22. The van der Waals surface area contributed by atoms with Gasteiger partial charge in [0.05, 0.1) is 4.90 Å². The highest BCUT2D eigenvalue weighted by molar-refractivity contribution is 7.99. The second-order valence-electron chi connectivity index (χ2n) is 7.00. The van der Waals surface area contributed by atoms with Crippen molar-refractivity contribution in [3.63, 3.8) is 0 Å². The molecule has 0 spiro atoms. The van der Waals surface area contributed by atoms with E-state index in [0.717, 1.165) is 15.0 Å². The molecule has 0 unspecified atom stereocenters. The molecule has 2 N–H and O–H groups in total. The highest BCUT2D eigenvalue weighted by Crippen LogP contribution is 2.34. The van der Waals surface area contributed by atoms with Crippen molar-refractivity contribution in [1.29, 1.82) is 0 Å². The molecule has 11 heteroatoms. The molecule has 1 atom stereocenters. The molecule has 1 heterocycles. The van der Waals surface area contributed by atoms with E-state index in [1.165, 1.54) is 26.2 Å². The summed E-state index contributed by atoms with van der Waals surface area (Å²) in [6.07, 6.45) is 1.65. The minimum absolute atomic E-state index is 0.110. The summed E-state index contributed by atoms with van der Waals surface area (Å²) in [6.45, 7) is 2.06. The zero-order chi connectivity index (χ0) is 22.6. The molecule has 0 aliphatic rings. The van der Waals surface area contributed by atoms with Gasteiger partial charge in [-0.25, -0.2) is 17.5 Å². The summed E-state index contributed by atoms with van der Waals surface area (Å²) in [7, 11) is 1.31. The summed E-state index contributed by atoms with van der Waals surface area (Å²) in [6, 6.07) is 13.1. The molecule has 0 saturated carbocycles. The quantitative estimate of drug-likeness (QED) is 0.522. The molecule has 2 aromatic carbocycles. The molecule has 2 amide bonds. The van der Waals surface area contributed by atoms with E-state index in [1.54, 1.807) is 36.3 Å². The maximum Gasteiger partial charge on any atom is 0.323 e. The monoisotopic (exact) mass is 460 g/mol. The third-order valence-corrected chi connectivity index (χ3v) is 7.49. The minimum atomic E-state index is -3.51. The van der Waals surface area contributed by atoms with Gasteiger partial charge in [-0.2, -0.15) is 0 Å². The SMILES string of the molecule is C[C@H](Sc1nncn1C)c1cccc(NC(=O)Nc2ccc(S(=O)(=O)N(C)C)cc2)c1.